The van der Waals surface area contributed by atoms with Gasteiger partial charge in [0.15, 0.2) is 0 Å². The van der Waals surface area contributed by atoms with Gasteiger partial charge in [-0.2, -0.15) is 0 Å². The number of benzene rings is 4. The molecule has 4 heteroatoms. The molecule has 41 heavy (non-hydrogen) atoms. The van der Waals surface area contributed by atoms with Crippen molar-refractivity contribution < 1.29 is 0 Å². The number of fused-ring (bicyclic) bond motifs is 5. The number of hydrogen-bond acceptors (Lipinski definition) is 4. The third-order valence-corrected chi connectivity index (χ3v) is 7.48. The van der Waals surface area contributed by atoms with Gasteiger partial charge in [0.05, 0.1) is 33.6 Å². The Morgan fingerprint density at radius 1 is 0.707 bits per heavy atom. The van der Waals surface area contributed by atoms with Crippen molar-refractivity contribution in [1.29, 1.82) is 0 Å². The van der Waals surface area contributed by atoms with Crippen molar-refractivity contribution in [1.82, 2.24) is 15.0 Å². The second-order valence-corrected chi connectivity index (χ2v) is 9.96. The van der Waals surface area contributed by atoms with E-state index >= 15 is 0 Å². The van der Waals surface area contributed by atoms with Crippen molar-refractivity contribution in [3.8, 4) is 22.4 Å². The maximum atomic E-state index is 5.05. The first-order chi connectivity index (χ1) is 20.2. The molecule has 0 atom stereocenters. The molecule has 0 aliphatic carbocycles. The van der Waals surface area contributed by atoms with Crippen LogP contribution in [0.15, 0.2) is 133 Å². The van der Waals surface area contributed by atoms with Crippen LogP contribution in [-0.4, -0.2) is 21.7 Å². The minimum Gasteiger partial charge on any atom is -0.262 e. The minimum atomic E-state index is 0.746. The van der Waals surface area contributed by atoms with Crippen molar-refractivity contribution >= 4 is 55.9 Å². The highest BCUT2D eigenvalue weighted by Crippen LogP contribution is 2.38. The first-order valence-electron chi connectivity index (χ1n) is 13.6. The summed E-state index contributed by atoms with van der Waals surface area (Å²) in [6.45, 7) is 5.69. The van der Waals surface area contributed by atoms with Crippen molar-refractivity contribution in [3.05, 3.63) is 133 Å². The fourth-order valence-electron chi connectivity index (χ4n) is 5.51. The zero-order chi connectivity index (χ0) is 27.8. The fraction of sp³-hybridized carbons (Fsp3) is 0.0270. The monoisotopic (exact) mass is 526 g/mol. The molecule has 0 radical (unpaired) electrons. The molecular weight excluding hydrogens is 500 g/mol. The first kappa shape index (κ1) is 24.6. The highest BCUT2D eigenvalue weighted by atomic mass is 14.8. The second-order valence-electron chi connectivity index (χ2n) is 9.96. The Kier molecular flexibility index (Phi) is 6.14. The first-order valence-corrected chi connectivity index (χ1v) is 13.6. The van der Waals surface area contributed by atoms with Crippen LogP contribution in [0.25, 0.3) is 71.6 Å². The van der Waals surface area contributed by atoms with Gasteiger partial charge in [-0.15, -0.1) is 0 Å². The van der Waals surface area contributed by atoms with Crippen LogP contribution >= 0.6 is 0 Å². The van der Waals surface area contributed by atoms with E-state index in [0.29, 0.717) is 0 Å². The molecule has 3 heterocycles. The quantitative estimate of drug-likeness (QED) is 0.0971. The van der Waals surface area contributed by atoms with Gasteiger partial charge >= 0.3 is 0 Å². The summed E-state index contributed by atoms with van der Waals surface area (Å²) in [7, 11) is 0. The summed E-state index contributed by atoms with van der Waals surface area (Å²) in [6, 6.07) is 35.9. The molecule has 0 amide bonds. The molecule has 194 valence electrons. The van der Waals surface area contributed by atoms with Crippen LogP contribution in [-0.2, 0) is 0 Å². The molecule has 0 N–H and O–H groups in total. The summed E-state index contributed by atoms with van der Waals surface area (Å²) in [4.78, 5) is 18.8. The molecule has 0 fully saturated rings. The van der Waals surface area contributed by atoms with E-state index in [9.17, 15) is 0 Å². The van der Waals surface area contributed by atoms with Crippen LogP contribution in [0.4, 0.5) is 0 Å². The van der Waals surface area contributed by atoms with Gasteiger partial charge in [-0.05, 0) is 72.5 Å². The number of aliphatic imine (C=N–C) groups is 1. The predicted molar refractivity (Wildman–Crippen MR) is 173 cm³/mol. The van der Waals surface area contributed by atoms with Crippen LogP contribution < -0.4 is 0 Å². The van der Waals surface area contributed by atoms with Crippen molar-refractivity contribution in [2.24, 2.45) is 4.99 Å². The maximum Gasteiger partial charge on any atom is 0.0978 e. The average Bonchev–Trinajstić information content (AvgIpc) is 3.03. The van der Waals surface area contributed by atoms with E-state index in [2.05, 4.69) is 84.5 Å². The lowest BCUT2D eigenvalue weighted by molar-refractivity contribution is 1.26. The Labute approximate surface area is 238 Å². The van der Waals surface area contributed by atoms with E-state index in [1.54, 1.807) is 0 Å². The third kappa shape index (κ3) is 4.36. The number of rotatable bonds is 5. The normalized spacial score (nSPS) is 12.2. The van der Waals surface area contributed by atoms with Gasteiger partial charge < -0.3 is 0 Å². The smallest absolute Gasteiger partial charge is 0.0978 e. The number of nitrogens with zero attached hydrogens (tertiary/aromatic N) is 4. The van der Waals surface area contributed by atoms with Gasteiger partial charge in [-0.3, -0.25) is 9.98 Å². The van der Waals surface area contributed by atoms with E-state index in [-0.39, 0.29) is 0 Å². The van der Waals surface area contributed by atoms with E-state index in [4.69, 9.17) is 15.0 Å². The summed E-state index contributed by atoms with van der Waals surface area (Å²) in [5, 5.41) is 5.64. The van der Waals surface area contributed by atoms with Crippen LogP contribution in [0.2, 0.25) is 0 Å². The van der Waals surface area contributed by atoms with Crippen LogP contribution in [0.5, 0.6) is 0 Å². The van der Waals surface area contributed by atoms with Crippen LogP contribution in [0.1, 0.15) is 12.6 Å². The molecule has 0 aliphatic rings. The number of hydrogen-bond donors (Lipinski definition) is 0. The molecule has 7 aromatic rings. The van der Waals surface area contributed by atoms with Gasteiger partial charge in [-0.1, -0.05) is 78.9 Å². The Bertz CT molecular complexity index is 2190. The van der Waals surface area contributed by atoms with E-state index in [1.165, 1.54) is 5.56 Å². The lowest BCUT2D eigenvalue weighted by Gasteiger charge is -2.14. The zero-order valence-electron chi connectivity index (χ0n) is 22.6. The Hall–Kier alpha value is -5.48. The number of pyridine rings is 3. The van der Waals surface area contributed by atoms with Crippen LogP contribution in [0, 0.1) is 0 Å². The van der Waals surface area contributed by atoms with Crippen molar-refractivity contribution in [2.75, 3.05) is 0 Å². The standard InChI is InChI=1S/C37H26N4/c1-3-4-11-33(38-2)34-14-7-13-31(40-34)27-17-15-26-23-28(18-16-25(26)22-27)35-29-10-5-6-12-32(29)41-37-30(35)20-19-24-9-8-21-39-36(24)37/h3-23H,2H2,1H3/b4-3-,33-11-. The lowest BCUT2D eigenvalue weighted by Crippen LogP contribution is -1.92. The SMILES string of the molecule is C=N/C(=C\C=C/C)c1cccc(-c2ccc3cc(-c4c5ccccc5nc5c4ccc4cccnc45)ccc3c2)n1. The highest BCUT2D eigenvalue weighted by molar-refractivity contribution is 6.16. The minimum absolute atomic E-state index is 0.746. The number of para-hydroxylation sites is 1. The van der Waals surface area contributed by atoms with Gasteiger partial charge in [0.2, 0.25) is 0 Å². The summed E-state index contributed by atoms with van der Waals surface area (Å²) >= 11 is 0. The lowest BCUT2D eigenvalue weighted by atomic mass is 9.93. The van der Waals surface area contributed by atoms with Crippen molar-refractivity contribution in [3.63, 3.8) is 0 Å². The van der Waals surface area contributed by atoms with Gasteiger partial charge in [0, 0.05) is 33.5 Å². The fourth-order valence-corrected chi connectivity index (χ4v) is 5.51. The average molecular weight is 527 g/mol. The molecule has 0 aliphatic heterocycles. The zero-order valence-corrected chi connectivity index (χ0v) is 22.6. The topological polar surface area (TPSA) is 51.0 Å². The molecule has 4 aromatic carbocycles. The summed E-state index contributed by atoms with van der Waals surface area (Å²) < 4.78 is 0. The van der Waals surface area contributed by atoms with Crippen LogP contribution in [0.3, 0.4) is 0 Å². The summed E-state index contributed by atoms with van der Waals surface area (Å²) in [6.07, 6.45) is 7.67. The van der Waals surface area contributed by atoms with Crippen molar-refractivity contribution in [2.45, 2.75) is 6.92 Å². The molecule has 0 bridgehead atoms. The predicted octanol–water partition coefficient (Wildman–Crippen LogP) is 9.44. The van der Waals surface area contributed by atoms with E-state index in [0.717, 1.165) is 71.7 Å². The Morgan fingerprint density at radius 2 is 1.51 bits per heavy atom. The van der Waals surface area contributed by atoms with Gasteiger partial charge in [0.1, 0.15) is 0 Å². The molecule has 4 nitrogen and oxygen atoms in total. The second kappa shape index (κ2) is 10.2. The molecule has 3 aromatic heterocycles. The molecule has 0 saturated carbocycles. The summed E-state index contributed by atoms with van der Waals surface area (Å²) in [5.41, 5.74) is 8.64. The molecule has 0 unspecified atom stereocenters. The molecule has 0 spiro atoms. The highest BCUT2D eigenvalue weighted by Gasteiger charge is 2.14. The van der Waals surface area contributed by atoms with Gasteiger partial charge in [-0.25, -0.2) is 9.97 Å². The molecule has 7 rings (SSSR count). The summed E-state index contributed by atoms with van der Waals surface area (Å²) in [5.74, 6) is 0. The van der Waals surface area contributed by atoms with E-state index in [1.807, 2.05) is 61.7 Å². The maximum absolute atomic E-state index is 5.05. The largest absolute Gasteiger partial charge is 0.262 e. The number of aromatic nitrogens is 3. The Balaban J connectivity index is 1.37. The van der Waals surface area contributed by atoms with E-state index < -0.39 is 0 Å². The number of allylic oxidation sites excluding steroid dienone is 3. The van der Waals surface area contributed by atoms with Gasteiger partial charge in [0.25, 0.3) is 0 Å². The third-order valence-electron chi connectivity index (χ3n) is 7.48. The Morgan fingerprint density at radius 3 is 2.37 bits per heavy atom. The molecule has 0 saturated heterocycles. The molecular formula is C37H26N4.